The lowest BCUT2D eigenvalue weighted by atomic mass is 10.0. The Hall–Kier alpha value is -2.49. The van der Waals surface area contributed by atoms with E-state index in [9.17, 15) is 4.79 Å². The Morgan fingerprint density at radius 2 is 1.72 bits per heavy atom. The van der Waals surface area contributed by atoms with Gasteiger partial charge in [-0.05, 0) is 60.7 Å². The quantitative estimate of drug-likeness (QED) is 0.858. The molecule has 4 heteroatoms. The fourth-order valence-electron chi connectivity index (χ4n) is 3.44. The van der Waals surface area contributed by atoms with E-state index in [0.29, 0.717) is 6.42 Å². The summed E-state index contributed by atoms with van der Waals surface area (Å²) in [7, 11) is 3.33. The minimum atomic E-state index is 0.178. The third kappa shape index (κ3) is 3.95. The molecular formula is C21H25NO3. The summed E-state index contributed by atoms with van der Waals surface area (Å²) in [5.74, 6) is 1.87. The van der Waals surface area contributed by atoms with Crippen molar-refractivity contribution in [1.82, 2.24) is 4.90 Å². The standard InChI is InChI=1S/C21H25NO3/c1-15-12-18-14-20(25-3)9-6-17(18)10-11-22(15)21(23)13-16-4-7-19(24-2)8-5-16/h4-9,14-15H,10-13H2,1-3H3. The van der Waals surface area contributed by atoms with Gasteiger partial charge in [-0.2, -0.15) is 0 Å². The molecule has 1 amide bonds. The number of hydrogen-bond acceptors (Lipinski definition) is 3. The molecule has 1 unspecified atom stereocenters. The predicted octanol–water partition coefficient (Wildman–Crippen LogP) is 3.26. The van der Waals surface area contributed by atoms with Crippen LogP contribution in [0, 0.1) is 0 Å². The number of ether oxygens (including phenoxy) is 2. The number of carbonyl (C=O) groups excluding carboxylic acids is 1. The molecule has 0 radical (unpaired) electrons. The summed E-state index contributed by atoms with van der Waals surface area (Å²) in [5, 5.41) is 0. The number of methoxy groups -OCH3 is 2. The van der Waals surface area contributed by atoms with Gasteiger partial charge >= 0.3 is 0 Å². The van der Waals surface area contributed by atoms with Crippen LogP contribution < -0.4 is 9.47 Å². The summed E-state index contributed by atoms with van der Waals surface area (Å²) in [6, 6.07) is 14.1. The van der Waals surface area contributed by atoms with Crippen LogP contribution in [0.15, 0.2) is 42.5 Å². The van der Waals surface area contributed by atoms with Crippen molar-refractivity contribution < 1.29 is 14.3 Å². The van der Waals surface area contributed by atoms with Gasteiger partial charge in [-0.15, -0.1) is 0 Å². The highest BCUT2D eigenvalue weighted by Gasteiger charge is 2.24. The fraction of sp³-hybridized carbons (Fsp3) is 0.381. The van der Waals surface area contributed by atoms with Crippen LogP contribution in [0.5, 0.6) is 11.5 Å². The van der Waals surface area contributed by atoms with Crippen molar-refractivity contribution >= 4 is 5.91 Å². The van der Waals surface area contributed by atoms with Crippen LogP contribution in [0.1, 0.15) is 23.6 Å². The van der Waals surface area contributed by atoms with Crippen molar-refractivity contribution in [2.45, 2.75) is 32.2 Å². The Kier molecular flexibility index (Phi) is 5.27. The smallest absolute Gasteiger partial charge is 0.227 e. The first-order valence-corrected chi connectivity index (χ1v) is 8.69. The highest BCUT2D eigenvalue weighted by atomic mass is 16.5. The van der Waals surface area contributed by atoms with E-state index in [1.54, 1.807) is 14.2 Å². The topological polar surface area (TPSA) is 38.8 Å². The van der Waals surface area contributed by atoms with E-state index in [0.717, 1.165) is 36.4 Å². The van der Waals surface area contributed by atoms with Crippen molar-refractivity contribution in [2.24, 2.45) is 0 Å². The van der Waals surface area contributed by atoms with E-state index in [2.05, 4.69) is 19.1 Å². The highest BCUT2D eigenvalue weighted by molar-refractivity contribution is 5.79. The molecule has 2 aromatic rings. The van der Waals surface area contributed by atoms with Gasteiger partial charge in [0.1, 0.15) is 11.5 Å². The lowest BCUT2D eigenvalue weighted by Crippen LogP contribution is -2.40. The van der Waals surface area contributed by atoms with Gasteiger partial charge in [-0.3, -0.25) is 4.79 Å². The Labute approximate surface area is 149 Å². The van der Waals surface area contributed by atoms with E-state index in [1.807, 2.05) is 35.2 Å². The molecule has 0 aromatic heterocycles. The summed E-state index contributed by atoms with van der Waals surface area (Å²) in [6.07, 6.45) is 2.17. The zero-order valence-electron chi connectivity index (χ0n) is 15.1. The average molecular weight is 339 g/mol. The normalized spacial score (nSPS) is 16.8. The minimum Gasteiger partial charge on any atom is -0.497 e. The molecule has 132 valence electrons. The molecule has 4 nitrogen and oxygen atoms in total. The molecule has 0 aliphatic carbocycles. The summed E-state index contributed by atoms with van der Waals surface area (Å²) in [4.78, 5) is 14.8. The van der Waals surface area contributed by atoms with Crippen molar-refractivity contribution in [2.75, 3.05) is 20.8 Å². The van der Waals surface area contributed by atoms with Gasteiger partial charge in [-0.1, -0.05) is 18.2 Å². The van der Waals surface area contributed by atoms with Gasteiger partial charge in [0, 0.05) is 12.6 Å². The summed E-state index contributed by atoms with van der Waals surface area (Å²) >= 11 is 0. The summed E-state index contributed by atoms with van der Waals surface area (Å²) < 4.78 is 10.5. The van der Waals surface area contributed by atoms with Crippen LogP contribution in [0.25, 0.3) is 0 Å². The zero-order chi connectivity index (χ0) is 17.8. The van der Waals surface area contributed by atoms with Crippen LogP contribution in [-0.4, -0.2) is 37.6 Å². The van der Waals surface area contributed by atoms with Gasteiger partial charge < -0.3 is 14.4 Å². The maximum Gasteiger partial charge on any atom is 0.227 e. The first-order chi connectivity index (χ1) is 12.1. The Balaban J connectivity index is 1.71. The Morgan fingerprint density at radius 3 is 2.40 bits per heavy atom. The predicted molar refractivity (Wildman–Crippen MR) is 98.3 cm³/mol. The van der Waals surface area contributed by atoms with Gasteiger partial charge in [0.15, 0.2) is 0 Å². The van der Waals surface area contributed by atoms with Crippen molar-refractivity contribution in [3.8, 4) is 11.5 Å². The fourth-order valence-corrected chi connectivity index (χ4v) is 3.44. The molecule has 25 heavy (non-hydrogen) atoms. The number of rotatable bonds is 4. The molecular weight excluding hydrogens is 314 g/mol. The van der Waals surface area contributed by atoms with Crippen LogP contribution in [0.3, 0.4) is 0 Å². The molecule has 2 aromatic carbocycles. The monoisotopic (exact) mass is 339 g/mol. The van der Waals surface area contributed by atoms with Crippen LogP contribution in [0.4, 0.5) is 0 Å². The lowest BCUT2D eigenvalue weighted by Gasteiger charge is -2.27. The molecule has 1 aliphatic heterocycles. The van der Waals surface area contributed by atoms with Gasteiger partial charge in [0.25, 0.3) is 0 Å². The second-order valence-electron chi connectivity index (χ2n) is 6.55. The van der Waals surface area contributed by atoms with Crippen molar-refractivity contribution in [1.29, 1.82) is 0 Å². The SMILES string of the molecule is COc1ccc(CC(=O)N2CCc3ccc(OC)cc3CC2C)cc1. The van der Waals surface area contributed by atoms with Crippen molar-refractivity contribution in [3.05, 3.63) is 59.2 Å². The molecule has 0 fully saturated rings. The first kappa shape index (κ1) is 17.3. The molecule has 0 saturated carbocycles. The van der Waals surface area contributed by atoms with Crippen molar-refractivity contribution in [3.63, 3.8) is 0 Å². The Morgan fingerprint density at radius 1 is 1.04 bits per heavy atom. The number of fused-ring (bicyclic) bond motifs is 1. The molecule has 0 bridgehead atoms. The minimum absolute atomic E-state index is 0.178. The first-order valence-electron chi connectivity index (χ1n) is 8.69. The molecule has 0 saturated heterocycles. The number of benzene rings is 2. The van der Waals surface area contributed by atoms with E-state index in [4.69, 9.17) is 9.47 Å². The summed E-state index contributed by atoms with van der Waals surface area (Å²) in [6.45, 7) is 2.88. The molecule has 0 N–H and O–H groups in total. The highest BCUT2D eigenvalue weighted by Crippen LogP contribution is 2.25. The van der Waals surface area contributed by atoms with Gasteiger partial charge in [-0.25, -0.2) is 0 Å². The molecule has 1 heterocycles. The van der Waals surface area contributed by atoms with Gasteiger partial charge in [0.05, 0.1) is 20.6 Å². The third-order valence-electron chi connectivity index (χ3n) is 4.92. The van der Waals surface area contributed by atoms with E-state index in [1.165, 1.54) is 11.1 Å². The number of nitrogens with zero attached hydrogens (tertiary/aromatic N) is 1. The molecule has 3 rings (SSSR count). The number of amides is 1. The second-order valence-corrected chi connectivity index (χ2v) is 6.55. The summed E-state index contributed by atoms with van der Waals surface area (Å²) in [5.41, 5.74) is 3.61. The lowest BCUT2D eigenvalue weighted by molar-refractivity contribution is -0.132. The van der Waals surface area contributed by atoms with Crippen LogP contribution in [-0.2, 0) is 24.1 Å². The van der Waals surface area contributed by atoms with Crippen LogP contribution in [0.2, 0.25) is 0 Å². The third-order valence-corrected chi connectivity index (χ3v) is 4.92. The van der Waals surface area contributed by atoms with E-state index in [-0.39, 0.29) is 11.9 Å². The largest absolute Gasteiger partial charge is 0.497 e. The Bertz CT molecular complexity index is 739. The molecule has 1 atom stereocenters. The molecule has 0 spiro atoms. The van der Waals surface area contributed by atoms with Gasteiger partial charge in [0.2, 0.25) is 5.91 Å². The number of hydrogen-bond donors (Lipinski definition) is 0. The molecule has 1 aliphatic rings. The number of carbonyl (C=O) groups is 1. The second kappa shape index (κ2) is 7.60. The van der Waals surface area contributed by atoms with E-state index >= 15 is 0 Å². The maximum absolute atomic E-state index is 12.8. The van der Waals surface area contributed by atoms with Crippen LogP contribution >= 0.6 is 0 Å². The maximum atomic E-state index is 12.8. The zero-order valence-corrected chi connectivity index (χ0v) is 15.1. The van der Waals surface area contributed by atoms with E-state index < -0.39 is 0 Å². The average Bonchev–Trinajstić information content (AvgIpc) is 2.79.